The highest BCUT2D eigenvalue weighted by Gasteiger charge is 2.53. The molecule has 0 spiro atoms. The summed E-state index contributed by atoms with van der Waals surface area (Å²) in [7, 11) is 0. The standard InChI is InChI=1S/C37H53Cl2N5O7/c1-8-37(38,39)24-15-16-44(26(24)31(47)41-25(17-20-13-14-20)27(45)30(40)46)32(48)28(35(2,3)4)42-34(50)43-29(36(5,6)7)33(49)51-23-18-21-11-9-10-12-22(21)19-23/h8-12,20,23-26,28-29,32,48H,1,13-19H2,2-7H3,(H2,40,46)(H,41,47)(H2,42,43,50)/t24-,25?,26-,28-,29-,32?/m0/s1. The maximum Gasteiger partial charge on any atom is 0.329 e. The first-order valence-corrected chi connectivity index (χ1v) is 18.3. The number of Topliss-reactive ketones (excluding diaryl/α,β-unsaturated/α-hetero) is 1. The second-order valence-electron chi connectivity index (χ2n) is 16.3. The van der Waals surface area contributed by atoms with Crippen molar-refractivity contribution in [3.63, 3.8) is 0 Å². The number of nitrogens with two attached hydrogens (primary N) is 1. The maximum atomic E-state index is 14.0. The third-order valence-electron chi connectivity index (χ3n) is 10.1. The Hall–Kier alpha value is -3.19. The van der Waals surface area contributed by atoms with Crippen LogP contribution in [0, 0.1) is 22.7 Å². The average molecular weight is 751 g/mol. The number of carbonyl (C=O) groups is 5. The lowest BCUT2D eigenvalue weighted by atomic mass is 9.84. The molecule has 1 aromatic carbocycles. The van der Waals surface area contributed by atoms with E-state index in [1.54, 1.807) is 0 Å². The van der Waals surface area contributed by atoms with Gasteiger partial charge in [0.1, 0.15) is 22.7 Å². The van der Waals surface area contributed by atoms with Gasteiger partial charge in [0.15, 0.2) is 0 Å². The van der Waals surface area contributed by atoms with Gasteiger partial charge in [-0.2, -0.15) is 0 Å². The molecule has 14 heteroatoms. The lowest BCUT2D eigenvalue weighted by Gasteiger charge is -2.42. The number of urea groups is 1. The zero-order valence-corrected chi connectivity index (χ0v) is 31.9. The van der Waals surface area contributed by atoms with E-state index < -0.39 is 81.1 Å². The van der Waals surface area contributed by atoms with Crippen LogP contribution in [0.5, 0.6) is 0 Å². The van der Waals surface area contributed by atoms with E-state index in [4.69, 9.17) is 33.7 Å². The van der Waals surface area contributed by atoms with Crippen molar-refractivity contribution < 1.29 is 33.8 Å². The van der Waals surface area contributed by atoms with Crippen molar-refractivity contribution in [3.05, 3.63) is 48.0 Å². The van der Waals surface area contributed by atoms with E-state index in [-0.39, 0.29) is 31.4 Å². The number of alkyl halides is 2. The monoisotopic (exact) mass is 749 g/mol. The second-order valence-corrected chi connectivity index (χ2v) is 17.8. The summed E-state index contributed by atoms with van der Waals surface area (Å²) in [4.78, 5) is 67.3. The van der Waals surface area contributed by atoms with Gasteiger partial charge in [-0.05, 0) is 40.7 Å². The average Bonchev–Trinajstić information content (AvgIpc) is 3.57. The van der Waals surface area contributed by atoms with Gasteiger partial charge >= 0.3 is 12.0 Å². The molecular weight excluding hydrogens is 697 g/mol. The summed E-state index contributed by atoms with van der Waals surface area (Å²) >= 11 is 13.3. The number of aliphatic hydroxyl groups excluding tert-OH is 1. The van der Waals surface area contributed by atoms with Crippen LogP contribution in [0.1, 0.15) is 78.4 Å². The number of carbonyl (C=O) groups excluding carboxylic acids is 5. The number of ketones is 1. The number of halogens is 2. The molecule has 4 rings (SSSR count). The second kappa shape index (κ2) is 15.8. The number of esters is 1. The molecule has 0 radical (unpaired) electrons. The van der Waals surface area contributed by atoms with E-state index in [9.17, 15) is 29.1 Å². The highest BCUT2D eigenvalue weighted by Crippen LogP contribution is 2.43. The molecule has 6 N–H and O–H groups in total. The summed E-state index contributed by atoms with van der Waals surface area (Å²) in [6.45, 7) is 14.7. The molecule has 2 aliphatic carbocycles. The van der Waals surface area contributed by atoms with Gasteiger partial charge in [-0.15, -0.1) is 6.58 Å². The lowest BCUT2D eigenvalue weighted by Crippen LogP contribution is -2.64. The Morgan fingerprint density at radius 2 is 1.57 bits per heavy atom. The molecule has 12 nitrogen and oxygen atoms in total. The van der Waals surface area contributed by atoms with Crippen LogP contribution in [0.25, 0.3) is 0 Å². The van der Waals surface area contributed by atoms with Crippen molar-refractivity contribution in [2.45, 2.75) is 121 Å². The number of ether oxygens (including phenoxy) is 1. The van der Waals surface area contributed by atoms with Gasteiger partial charge in [-0.3, -0.25) is 19.3 Å². The predicted octanol–water partition coefficient (Wildman–Crippen LogP) is 3.53. The van der Waals surface area contributed by atoms with E-state index >= 15 is 0 Å². The van der Waals surface area contributed by atoms with Crippen LogP contribution >= 0.6 is 23.2 Å². The molecule has 4 amide bonds. The molecule has 1 aromatic rings. The van der Waals surface area contributed by atoms with Crippen LogP contribution in [0.2, 0.25) is 0 Å². The number of nitrogens with one attached hydrogen (secondary N) is 3. The van der Waals surface area contributed by atoms with Crippen molar-refractivity contribution >= 4 is 52.8 Å². The number of amides is 4. The fourth-order valence-electron chi connectivity index (χ4n) is 7.05. The summed E-state index contributed by atoms with van der Waals surface area (Å²) < 4.78 is 4.30. The fourth-order valence-corrected chi connectivity index (χ4v) is 7.51. The Bertz CT molecular complexity index is 1480. The summed E-state index contributed by atoms with van der Waals surface area (Å²) in [5.74, 6) is -3.94. The van der Waals surface area contributed by atoms with Crippen LogP contribution in [-0.2, 0) is 36.8 Å². The first-order valence-electron chi connectivity index (χ1n) is 17.6. The minimum absolute atomic E-state index is 0.145. The molecule has 1 saturated heterocycles. The van der Waals surface area contributed by atoms with Crippen molar-refractivity contribution in [1.82, 2.24) is 20.9 Å². The number of rotatable bonds is 14. The van der Waals surface area contributed by atoms with Crippen molar-refractivity contribution in [1.29, 1.82) is 0 Å². The van der Waals surface area contributed by atoms with Crippen LogP contribution in [0.4, 0.5) is 4.79 Å². The van der Waals surface area contributed by atoms with Crippen molar-refractivity contribution in [2.75, 3.05) is 6.54 Å². The Balaban J connectivity index is 1.53. The van der Waals surface area contributed by atoms with Gasteiger partial charge in [-0.25, -0.2) is 9.59 Å². The van der Waals surface area contributed by atoms with Gasteiger partial charge in [0.25, 0.3) is 5.91 Å². The van der Waals surface area contributed by atoms with E-state index in [0.29, 0.717) is 12.8 Å². The van der Waals surface area contributed by atoms with Gasteiger partial charge < -0.3 is 31.5 Å². The highest BCUT2D eigenvalue weighted by atomic mass is 35.5. The number of benzene rings is 1. The predicted molar refractivity (Wildman–Crippen MR) is 195 cm³/mol. The summed E-state index contributed by atoms with van der Waals surface area (Å²) in [6.07, 6.45) is 2.90. The molecule has 2 unspecified atom stereocenters. The van der Waals surface area contributed by atoms with Gasteiger partial charge in [0, 0.05) is 25.3 Å². The first-order chi connectivity index (χ1) is 23.6. The molecule has 51 heavy (non-hydrogen) atoms. The Kier molecular flexibility index (Phi) is 12.6. The van der Waals surface area contributed by atoms with Crippen LogP contribution in [0.15, 0.2) is 36.9 Å². The van der Waals surface area contributed by atoms with Crippen molar-refractivity contribution in [2.24, 2.45) is 28.4 Å². The van der Waals surface area contributed by atoms with Gasteiger partial charge in [0.05, 0.1) is 18.1 Å². The fraction of sp³-hybridized carbons (Fsp3) is 0.649. The molecular formula is C37H53Cl2N5O7. The van der Waals surface area contributed by atoms with Crippen LogP contribution in [-0.4, -0.2) is 87.0 Å². The number of likely N-dealkylation sites (tertiary alicyclic amines) is 1. The molecule has 1 saturated carbocycles. The first kappa shape index (κ1) is 40.6. The molecule has 282 valence electrons. The Morgan fingerprint density at radius 3 is 2.06 bits per heavy atom. The topological polar surface area (TPSA) is 180 Å². The number of hydrogen-bond acceptors (Lipinski definition) is 8. The third kappa shape index (κ3) is 10.0. The maximum absolute atomic E-state index is 14.0. The molecule has 0 bridgehead atoms. The number of allylic oxidation sites excluding steroid dienone is 1. The minimum atomic E-state index is -1.60. The third-order valence-corrected chi connectivity index (χ3v) is 11.0. The summed E-state index contributed by atoms with van der Waals surface area (Å²) in [5, 5.41) is 20.3. The largest absolute Gasteiger partial charge is 0.460 e. The molecule has 1 aliphatic heterocycles. The van der Waals surface area contributed by atoms with E-state index in [1.165, 1.54) is 11.0 Å². The molecule has 3 aliphatic rings. The summed E-state index contributed by atoms with van der Waals surface area (Å²) in [6, 6.07) is 2.84. The minimum Gasteiger partial charge on any atom is -0.460 e. The zero-order chi connectivity index (χ0) is 38.1. The number of primary amides is 1. The number of aliphatic hydroxyl groups is 1. The van der Waals surface area contributed by atoms with E-state index in [1.807, 2.05) is 65.8 Å². The van der Waals surface area contributed by atoms with E-state index in [2.05, 4.69) is 22.5 Å². The Labute approximate surface area is 310 Å². The van der Waals surface area contributed by atoms with E-state index in [0.717, 1.165) is 24.0 Å². The van der Waals surface area contributed by atoms with Crippen molar-refractivity contribution in [3.8, 4) is 0 Å². The highest BCUT2D eigenvalue weighted by molar-refractivity contribution is 6.50. The number of hydrogen-bond donors (Lipinski definition) is 5. The molecule has 1 heterocycles. The Morgan fingerprint density at radius 1 is 0.980 bits per heavy atom. The van der Waals surface area contributed by atoms with Crippen LogP contribution in [0.3, 0.4) is 0 Å². The normalized spacial score (nSPS) is 22.2. The quantitative estimate of drug-likeness (QED) is 0.0830. The lowest BCUT2D eigenvalue weighted by molar-refractivity contribution is -0.153. The van der Waals surface area contributed by atoms with Gasteiger partial charge in [-0.1, -0.05) is 108 Å². The van der Waals surface area contributed by atoms with Crippen LogP contribution < -0.4 is 21.7 Å². The number of nitrogens with zero attached hydrogens (tertiary/aromatic N) is 1. The number of fused-ring (bicyclic) bond motifs is 1. The summed E-state index contributed by atoms with van der Waals surface area (Å²) in [5.41, 5.74) is 6.05. The molecule has 2 fully saturated rings. The smallest absolute Gasteiger partial charge is 0.329 e. The van der Waals surface area contributed by atoms with Gasteiger partial charge in [0.2, 0.25) is 11.7 Å². The molecule has 6 atom stereocenters. The SMILES string of the molecule is C=CC(Cl)(Cl)[C@H]1CCN(C(O)[C@H](NC(=O)N[C@@H](C(=O)OC2Cc3ccccc3C2)C(C)(C)C)C(C)(C)C)[C@@H]1C(=O)NC(CC1CC1)C(=O)C(N)=O. The molecule has 0 aromatic heterocycles. The zero-order valence-electron chi connectivity index (χ0n) is 30.3.